The van der Waals surface area contributed by atoms with Crippen LogP contribution >= 0.6 is 11.3 Å². The molecule has 0 radical (unpaired) electrons. The Hall–Kier alpha value is -1.74. The van der Waals surface area contributed by atoms with Gasteiger partial charge in [-0.2, -0.15) is 0 Å². The van der Waals surface area contributed by atoms with Crippen LogP contribution in [-0.4, -0.2) is 4.98 Å². The van der Waals surface area contributed by atoms with Crippen LogP contribution < -0.4 is 5.43 Å². The molecule has 1 aromatic heterocycles. The Morgan fingerprint density at radius 3 is 2.84 bits per heavy atom. The molecule has 3 aromatic rings. The van der Waals surface area contributed by atoms with E-state index in [-0.39, 0.29) is 5.43 Å². The van der Waals surface area contributed by atoms with E-state index in [1.165, 1.54) is 5.56 Å². The van der Waals surface area contributed by atoms with Crippen LogP contribution in [0.3, 0.4) is 0 Å². The van der Waals surface area contributed by atoms with Crippen molar-refractivity contribution >= 4 is 32.3 Å². The summed E-state index contributed by atoms with van der Waals surface area (Å²) >= 11 is 1.57. The van der Waals surface area contributed by atoms with Crippen molar-refractivity contribution in [3.63, 3.8) is 0 Å². The number of hydrogen-bond acceptors (Lipinski definition) is 3. The molecule has 0 saturated carbocycles. The molecule has 0 saturated heterocycles. The summed E-state index contributed by atoms with van der Waals surface area (Å²) in [6.07, 6.45) is 2.17. The van der Waals surface area contributed by atoms with Crippen molar-refractivity contribution in [2.24, 2.45) is 0 Å². The highest BCUT2D eigenvalue weighted by atomic mass is 32.1. The van der Waals surface area contributed by atoms with Gasteiger partial charge < -0.3 is 0 Å². The molecule has 0 unspecified atom stereocenters. The summed E-state index contributed by atoms with van der Waals surface area (Å²) in [5.41, 5.74) is 1.93. The number of rotatable bonds is 2. The Morgan fingerprint density at radius 1 is 1.21 bits per heavy atom. The third-order valence-electron chi connectivity index (χ3n) is 3.29. The molecule has 0 bridgehead atoms. The molecule has 0 fully saturated rings. The summed E-state index contributed by atoms with van der Waals surface area (Å²) in [6.45, 7) is 4.10. The zero-order chi connectivity index (χ0) is 13.4. The molecule has 2 aromatic carbocycles. The van der Waals surface area contributed by atoms with E-state index in [1.54, 1.807) is 11.3 Å². The van der Waals surface area contributed by atoms with Gasteiger partial charge in [-0.1, -0.05) is 37.6 Å². The molecule has 0 amide bonds. The predicted octanol–water partition coefficient (Wildman–Crippen LogP) is 4.07. The first kappa shape index (κ1) is 12.3. The van der Waals surface area contributed by atoms with Gasteiger partial charge in [0.15, 0.2) is 0 Å². The summed E-state index contributed by atoms with van der Waals surface area (Å²) in [6, 6.07) is 10.2. The van der Waals surface area contributed by atoms with Gasteiger partial charge in [0.2, 0.25) is 5.43 Å². The number of thiazole rings is 1. The van der Waals surface area contributed by atoms with Crippen molar-refractivity contribution in [1.82, 2.24) is 4.98 Å². The zero-order valence-corrected chi connectivity index (χ0v) is 11.9. The van der Waals surface area contributed by atoms with Gasteiger partial charge in [-0.25, -0.2) is 4.98 Å². The second-order valence-electron chi connectivity index (χ2n) is 4.78. The minimum atomic E-state index is 0.0439. The molecule has 0 aliphatic carbocycles. The Morgan fingerprint density at radius 2 is 2.05 bits per heavy atom. The smallest absolute Gasteiger partial charge is 0.213 e. The van der Waals surface area contributed by atoms with Crippen LogP contribution in [0.25, 0.3) is 21.0 Å². The van der Waals surface area contributed by atoms with Crippen molar-refractivity contribution in [3.05, 3.63) is 51.1 Å². The molecule has 0 spiro atoms. The fraction of sp³-hybridized carbons (Fsp3) is 0.250. The first-order chi connectivity index (χ1) is 9.19. The number of benzene rings is 1. The lowest BCUT2D eigenvalue weighted by Gasteiger charge is -1.99. The van der Waals surface area contributed by atoms with Crippen LogP contribution in [0.1, 0.15) is 23.9 Å². The molecule has 3 heteroatoms. The van der Waals surface area contributed by atoms with Gasteiger partial charge >= 0.3 is 0 Å². The van der Waals surface area contributed by atoms with Crippen molar-refractivity contribution in [2.75, 3.05) is 0 Å². The van der Waals surface area contributed by atoms with Gasteiger partial charge in [0.05, 0.1) is 9.71 Å². The van der Waals surface area contributed by atoms with Gasteiger partial charge in [-0.15, -0.1) is 11.3 Å². The minimum absolute atomic E-state index is 0.0439. The first-order valence-corrected chi connectivity index (χ1v) is 7.34. The van der Waals surface area contributed by atoms with Gasteiger partial charge in [0, 0.05) is 5.39 Å². The molecule has 0 aliphatic rings. The van der Waals surface area contributed by atoms with Crippen molar-refractivity contribution in [1.29, 1.82) is 0 Å². The Kier molecular flexibility index (Phi) is 3.07. The number of aryl methyl sites for hydroxylation is 2. The maximum Gasteiger partial charge on any atom is 0.213 e. The minimum Gasteiger partial charge on any atom is -0.287 e. The van der Waals surface area contributed by atoms with Gasteiger partial charge in [0.1, 0.15) is 5.52 Å². The maximum atomic E-state index is 12.5. The van der Waals surface area contributed by atoms with E-state index < -0.39 is 0 Å². The number of hydrogen-bond donors (Lipinski definition) is 0. The van der Waals surface area contributed by atoms with Crippen LogP contribution in [0.2, 0.25) is 0 Å². The predicted molar refractivity (Wildman–Crippen MR) is 82.1 cm³/mol. The van der Waals surface area contributed by atoms with E-state index in [2.05, 4.69) is 24.0 Å². The fourth-order valence-electron chi connectivity index (χ4n) is 2.41. The summed E-state index contributed by atoms with van der Waals surface area (Å²) < 4.78 is 0.968. The molecule has 2 nitrogen and oxygen atoms in total. The van der Waals surface area contributed by atoms with Crippen molar-refractivity contribution in [3.8, 4) is 0 Å². The third-order valence-corrected chi connectivity index (χ3v) is 4.22. The average Bonchev–Trinajstić information content (AvgIpc) is 2.72. The topological polar surface area (TPSA) is 30.0 Å². The van der Waals surface area contributed by atoms with E-state index in [1.807, 2.05) is 25.1 Å². The van der Waals surface area contributed by atoms with E-state index in [0.717, 1.165) is 33.3 Å². The van der Waals surface area contributed by atoms with Gasteiger partial charge in [-0.05, 0) is 30.4 Å². The number of fused-ring (bicyclic) bond motifs is 2. The van der Waals surface area contributed by atoms with Crippen LogP contribution in [0, 0.1) is 6.92 Å². The molecule has 96 valence electrons. The molecule has 19 heavy (non-hydrogen) atoms. The van der Waals surface area contributed by atoms with Crippen LogP contribution in [-0.2, 0) is 6.42 Å². The maximum absolute atomic E-state index is 12.5. The average molecular weight is 269 g/mol. The first-order valence-electron chi connectivity index (χ1n) is 6.52. The summed E-state index contributed by atoms with van der Waals surface area (Å²) in [7, 11) is 0. The summed E-state index contributed by atoms with van der Waals surface area (Å²) in [5, 5.41) is 2.72. The van der Waals surface area contributed by atoms with E-state index in [9.17, 15) is 4.79 Å². The molecule has 3 rings (SSSR count). The Bertz CT molecular complexity index is 820. The molecule has 1 heterocycles. The zero-order valence-electron chi connectivity index (χ0n) is 11.1. The second kappa shape index (κ2) is 4.74. The lowest BCUT2D eigenvalue weighted by molar-refractivity contribution is 0.924. The van der Waals surface area contributed by atoms with Crippen LogP contribution in [0.15, 0.2) is 35.1 Å². The third kappa shape index (κ3) is 2.15. The van der Waals surface area contributed by atoms with E-state index in [4.69, 9.17) is 0 Å². The number of nitrogens with zero attached hydrogens (tertiary/aromatic N) is 1. The SMILES string of the molecule is CCCc1ccc2c(=O)c3nc(C)sc3ccc2c1. The lowest BCUT2D eigenvalue weighted by Crippen LogP contribution is -1.99. The van der Waals surface area contributed by atoms with E-state index in [0.29, 0.717) is 5.52 Å². The molecule has 0 aliphatic heterocycles. The normalized spacial score (nSPS) is 11.3. The quantitative estimate of drug-likeness (QED) is 0.702. The van der Waals surface area contributed by atoms with Crippen LogP contribution in [0.4, 0.5) is 0 Å². The molecule has 0 atom stereocenters. The fourth-order valence-corrected chi connectivity index (χ4v) is 3.24. The molecular formula is C16H15NOS. The second-order valence-corrected chi connectivity index (χ2v) is 6.01. The Labute approximate surface area is 115 Å². The van der Waals surface area contributed by atoms with Crippen molar-refractivity contribution in [2.45, 2.75) is 26.7 Å². The summed E-state index contributed by atoms with van der Waals surface area (Å²) in [5.74, 6) is 0. The largest absolute Gasteiger partial charge is 0.287 e. The highest BCUT2D eigenvalue weighted by molar-refractivity contribution is 7.18. The lowest BCUT2D eigenvalue weighted by atomic mass is 10.1. The van der Waals surface area contributed by atoms with E-state index >= 15 is 0 Å². The standard InChI is InChI=1S/C16H15NOS/c1-3-4-11-5-7-13-12(9-11)6-8-14-15(16(13)18)17-10(2)19-14/h5-9H,3-4H2,1-2H3. The van der Waals surface area contributed by atoms with Gasteiger partial charge in [-0.3, -0.25) is 4.79 Å². The molecule has 0 N–H and O–H groups in total. The van der Waals surface area contributed by atoms with Crippen molar-refractivity contribution < 1.29 is 0 Å². The highest BCUT2D eigenvalue weighted by Gasteiger charge is 2.06. The van der Waals surface area contributed by atoms with Crippen LogP contribution in [0.5, 0.6) is 0 Å². The van der Waals surface area contributed by atoms with Gasteiger partial charge in [0.25, 0.3) is 0 Å². The molecular weight excluding hydrogens is 254 g/mol. The summed E-state index contributed by atoms with van der Waals surface area (Å²) in [4.78, 5) is 16.9. The Balaban J connectivity index is 2.38. The monoisotopic (exact) mass is 269 g/mol. The number of aromatic nitrogens is 1. The highest BCUT2D eigenvalue weighted by Crippen LogP contribution is 2.21.